The fourth-order valence-corrected chi connectivity index (χ4v) is 1.23. The van der Waals surface area contributed by atoms with Crippen LogP contribution in [0.15, 0.2) is 0 Å². The topological polar surface area (TPSA) is 29.5 Å². The molecule has 0 heterocycles. The van der Waals surface area contributed by atoms with Crippen molar-refractivity contribution in [3.63, 3.8) is 0 Å². The molecule has 0 rings (SSSR count). The Labute approximate surface area is 82.3 Å². The minimum Gasteiger partial charge on any atom is -0.393 e. The molecule has 0 bridgehead atoms. The lowest BCUT2D eigenvalue weighted by molar-refractivity contribution is 0.0711. The van der Waals surface area contributed by atoms with Crippen LogP contribution in [0.25, 0.3) is 0 Å². The van der Waals surface area contributed by atoms with Gasteiger partial charge < -0.3 is 9.84 Å². The lowest BCUT2D eigenvalue weighted by atomic mass is 10.0. The number of ether oxygens (including phenoxy) is 1. The standard InChI is InChI=1S/C11H24O2/c1-4-5-7-13-8-6-11(12)9-10(2)3/h10-12H,4-9H2,1-3H3. The van der Waals surface area contributed by atoms with Gasteiger partial charge in [-0.1, -0.05) is 27.2 Å². The van der Waals surface area contributed by atoms with Gasteiger partial charge in [-0.3, -0.25) is 0 Å². The quantitative estimate of drug-likeness (QED) is 0.593. The summed E-state index contributed by atoms with van der Waals surface area (Å²) in [6.45, 7) is 7.94. The van der Waals surface area contributed by atoms with Gasteiger partial charge >= 0.3 is 0 Å². The van der Waals surface area contributed by atoms with E-state index in [1.54, 1.807) is 0 Å². The van der Waals surface area contributed by atoms with Crippen molar-refractivity contribution >= 4 is 0 Å². The van der Waals surface area contributed by atoms with Crippen molar-refractivity contribution < 1.29 is 9.84 Å². The molecule has 0 saturated heterocycles. The first kappa shape index (κ1) is 12.9. The van der Waals surface area contributed by atoms with E-state index in [-0.39, 0.29) is 6.10 Å². The Morgan fingerprint density at radius 2 is 1.92 bits per heavy atom. The van der Waals surface area contributed by atoms with E-state index in [1.807, 2.05) is 0 Å². The maximum absolute atomic E-state index is 9.50. The largest absolute Gasteiger partial charge is 0.393 e. The molecule has 2 nitrogen and oxygen atoms in total. The first-order valence-corrected chi connectivity index (χ1v) is 5.42. The van der Waals surface area contributed by atoms with Gasteiger partial charge in [0, 0.05) is 13.2 Å². The minimum absolute atomic E-state index is 0.179. The van der Waals surface area contributed by atoms with E-state index in [0.29, 0.717) is 12.5 Å². The molecule has 1 unspecified atom stereocenters. The minimum atomic E-state index is -0.179. The highest BCUT2D eigenvalue weighted by atomic mass is 16.5. The van der Waals surface area contributed by atoms with Gasteiger partial charge in [-0.2, -0.15) is 0 Å². The summed E-state index contributed by atoms with van der Waals surface area (Å²) >= 11 is 0. The summed E-state index contributed by atoms with van der Waals surface area (Å²) in [6, 6.07) is 0. The van der Waals surface area contributed by atoms with Gasteiger partial charge in [0.15, 0.2) is 0 Å². The summed E-state index contributed by atoms with van der Waals surface area (Å²) < 4.78 is 5.37. The second-order valence-electron chi connectivity index (χ2n) is 4.04. The average molecular weight is 188 g/mol. The highest BCUT2D eigenvalue weighted by Crippen LogP contribution is 2.07. The van der Waals surface area contributed by atoms with Crippen molar-refractivity contribution in [1.82, 2.24) is 0 Å². The van der Waals surface area contributed by atoms with Gasteiger partial charge in [0.25, 0.3) is 0 Å². The van der Waals surface area contributed by atoms with Crippen molar-refractivity contribution in [2.24, 2.45) is 5.92 Å². The zero-order valence-corrected chi connectivity index (χ0v) is 9.25. The molecule has 0 amide bonds. The van der Waals surface area contributed by atoms with E-state index in [4.69, 9.17) is 4.74 Å². The van der Waals surface area contributed by atoms with Gasteiger partial charge in [-0.15, -0.1) is 0 Å². The van der Waals surface area contributed by atoms with Crippen LogP contribution in [0.3, 0.4) is 0 Å². The molecule has 0 aliphatic heterocycles. The molecule has 1 atom stereocenters. The Bertz CT molecular complexity index is 102. The van der Waals surface area contributed by atoms with Gasteiger partial charge in [-0.05, 0) is 25.2 Å². The predicted octanol–water partition coefficient (Wildman–Crippen LogP) is 2.60. The van der Waals surface area contributed by atoms with Crippen LogP contribution in [0.1, 0.15) is 46.5 Å². The smallest absolute Gasteiger partial charge is 0.0564 e. The SMILES string of the molecule is CCCCOCCC(O)CC(C)C. The molecular weight excluding hydrogens is 164 g/mol. The molecule has 0 aromatic carbocycles. The third-order valence-electron chi connectivity index (χ3n) is 1.98. The fraction of sp³-hybridized carbons (Fsp3) is 1.00. The second-order valence-corrected chi connectivity index (χ2v) is 4.04. The first-order chi connectivity index (χ1) is 6.16. The van der Waals surface area contributed by atoms with Crippen molar-refractivity contribution in [2.45, 2.75) is 52.6 Å². The number of rotatable bonds is 8. The van der Waals surface area contributed by atoms with Crippen LogP contribution >= 0.6 is 0 Å². The normalized spacial score (nSPS) is 13.6. The molecule has 0 radical (unpaired) electrons. The van der Waals surface area contributed by atoms with E-state index >= 15 is 0 Å². The van der Waals surface area contributed by atoms with Gasteiger partial charge in [-0.25, -0.2) is 0 Å². The van der Waals surface area contributed by atoms with E-state index in [9.17, 15) is 5.11 Å². The van der Waals surface area contributed by atoms with Crippen molar-refractivity contribution in [1.29, 1.82) is 0 Å². The third-order valence-corrected chi connectivity index (χ3v) is 1.98. The number of unbranched alkanes of at least 4 members (excludes halogenated alkanes) is 1. The van der Waals surface area contributed by atoms with E-state index < -0.39 is 0 Å². The Kier molecular flexibility index (Phi) is 8.46. The molecule has 13 heavy (non-hydrogen) atoms. The molecule has 0 aliphatic carbocycles. The molecule has 2 heteroatoms. The van der Waals surface area contributed by atoms with Gasteiger partial charge in [0.05, 0.1) is 6.10 Å². The van der Waals surface area contributed by atoms with Crippen LogP contribution in [-0.2, 0) is 4.74 Å². The van der Waals surface area contributed by atoms with Crippen LogP contribution in [0.2, 0.25) is 0 Å². The summed E-state index contributed by atoms with van der Waals surface area (Å²) in [7, 11) is 0. The van der Waals surface area contributed by atoms with Crippen LogP contribution in [0.4, 0.5) is 0 Å². The first-order valence-electron chi connectivity index (χ1n) is 5.42. The Morgan fingerprint density at radius 3 is 2.46 bits per heavy atom. The Morgan fingerprint density at radius 1 is 1.23 bits per heavy atom. The van der Waals surface area contributed by atoms with Crippen LogP contribution in [-0.4, -0.2) is 24.4 Å². The average Bonchev–Trinajstić information content (AvgIpc) is 2.02. The molecule has 0 fully saturated rings. The lowest BCUT2D eigenvalue weighted by Gasteiger charge is -2.12. The molecule has 0 spiro atoms. The fourth-order valence-electron chi connectivity index (χ4n) is 1.23. The van der Waals surface area contributed by atoms with Crippen molar-refractivity contribution in [2.75, 3.05) is 13.2 Å². The van der Waals surface area contributed by atoms with Crippen LogP contribution in [0, 0.1) is 5.92 Å². The van der Waals surface area contributed by atoms with E-state index in [1.165, 1.54) is 6.42 Å². The zero-order valence-electron chi connectivity index (χ0n) is 9.25. The molecule has 0 aliphatic rings. The van der Waals surface area contributed by atoms with Crippen molar-refractivity contribution in [3.05, 3.63) is 0 Å². The monoisotopic (exact) mass is 188 g/mol. The zero-order chi connectivity index (χ0) is 10.1. The summed E-state index contributed by atoms with van der Waals surface area (Å²) in [5, 5.41) is 9.50. The maximum Gasteiger partial charge on any atom is 0.0564 e. The summed E-state index contributed by atoms with van der Waals surface area (Å²) in [6.07, 6.45) is 3.79. The number of aliphatic hydroxyl groups is 1. The van der Waals surface area contributed by atoms with E-state index in [0.717, 1.165) is 25.9 Å². The van der Waals surface area contributed by atoms with Crippen molar-refractivity contribution in [3.8, 4) is 0 Å². The highest BCUT2D eigenvalue weighted by molar-refractivity contribution is 4.57. The number of hydrogen-bond donors (Lipinski definition) is 1. The predicted molar refractivity (Wildman–Crippen MR) is 55.8 cm³/mol. The second kappa shape index (κ2) is 8.52. The Hall–Kier alpha value is -0.0800. The van der Waals surface area contributed by atoms with Gasteiger partial charge in [0.2, 0.25) is 0 Å². The summed E-state index contributed by atoms with van der Waals surface area (Å²) in [5.74, 6) is 0.575. The molecule has 0 aromatic rings. The van der Waals surface area contributed by atoms with E-state index in [2.05, 4.69) is 20.8 Å². The third kappa shape index (κ3) is 9.84. The number of hydrogen-bond acceptors (Lipinski definition) is 2. The molecule has 80 valence electrons. The summed E-state index contributed by atoms with van der Waals surface area (Å²) in [5.41, 5.74) is 0. The number of aliphatic hydroxyl groups excluding tert-OH is 1. The highest BCUT2D eigenvalue weighted by Gasteiger charge is 2.05. The molecule has 1 N–H and O–H groups in total. The van der Waals surface area contributed by atoms with Gasteiger partial charge in [0.1, 0.15) is 0 Å². The maximum atomic E-state index is 9.50. The molecule has 0 aromatic heterocycles. The summed E-state index contributed by atoms with van der Waals surface area (Å²) in [4.78, 5) is 0. The van der Waals surface area contributed by atoms with Crippen LogP contribution < -0.4 is 0 Å². The molecular formula is C11H24O2. The van der Waals surface area contributed by atoms with Crippen LogP contribution in [0.5, 0.6) is 0 Å². The lowest BCUT2D eigenvalue weighted by Crippen LogP contribution is -2.13. The Balaban J connectivity index is 3.12. The molecule has 0 saturated carbocycles.